The van der Waals surface area contributed by atoms with E-state index in [1.165, 1.54) is 24.5 Å². The van der Waals surface area contributed by atoms with Gasteiger partial charge in [-0.1, -0.05) is 11.6 Å². The summed E-state index contributed by atoms with van der Waals surface area (Å²) in [6.45, 7) is 1.72. The largest absolute Gasteiger partial charge is 0.398 e. The van der Waals surface area contributed by atoms with Crippen LogP contribution in [-0.4, -0.2) is 13.4 Å². The molecule has 0 radical (unpaired) electrons. The lowest BCUT2D eigenvalue weighted by molar-refractivity contribution is 0.601. The van der Waals surface area contributed by atoms with Gasteiger partial charge in [0.2, 0.25) is 0 Å². The minimum Gasteiger partial charge on any atom is -0.398 e. The second-order valence-corrected chi connectivity index (χ2v) is 7.02. The average molecular weight is 377 g/mol. The number of nitrogens with two attached hydrogens (primary N) is 1. The summed E-state index contributed by atoms with van der Waals surface area (Å²) in [5, 5.41) is 0.305. The van der Waals surface area contributed by atoms with E-state index in [9.17, 15) is 8.42 Å². The predicted molar refractivity (Wildman–Crippen MR) is 83.3 cm³/mol. The Morgan fingerprint density at radius 3 is 2.70 bits per heavy atom. The third kappa shape index (κ3) is 3.05. The van der Waals surface area contributed by atoms with E-state index in [1.807, 2.05) is 0 Å². The maximum atomic E-state index is 12.3. The third-order valence-corrected chi connectivity index (χ3v) is 5.05. The molecule has 0 fully saturated rings. The van der Waals surface area contributed by atoms with Crippen LogP contribution < -0.4 is 10.5 Å². The van der Waals surface area contributed by atoms with Crippen molar-refractivity contribution in [2.24, 2.45) is 0 Å². The van der Waals surface area contributed by atoms with Crippen molar-refractivity contribution in [3.8, 4) is 0 Å². The number of pyridine rings is 1. The third-order valence-electron chi connectivity index (χ3n) is 2.69. The zero-order chi connectivity index (χ0) is 14.9. The van der Waals surface area contributed by atoms with E-state index < -0.39 is 10.0 Å². The van der Waals surface area contributed by atoms with E-state index in [0.29, 0.717) is 26.4 Å². The Balaban J connectivity index is 2.44. The number of nitrogen functional groups attached to an aromatic ring is 1. The first-order chi connectivity index (χ1) is 9.31. The molecule has 0 atom stereocenters. The van der Waals surface area contributed by atoms with Gasteiger partial charge in [-0.05, 0) is 46.6 Å². The summed E-state index contributed by atoms with van der Waals surface area (Å²) < 4.78 is 27.6. The van der Waals surface area contributed by atoms with Gasteiger partial charge in [0, 0.05) is 23.1 Å². The molecule has 1 aromatic carbocycles. The zero-order valence-corrected chi connectivity index (χ0v) is 13.6. The predicted octanol–water partition coefficient (Wildman–Crippen LogP) is 3.19. The summed E-state index contributed by atoms with van der Waals surface area (Å²) in [5.41, 5.74) is 7.10. The normalized spacial score (nSPS) is 11.3. The van der Waals surface area contributed by atoms with Crippen molar-refractivity contribution in [2.75, 3.05) is 10.5 Å². The summed E-state index contributed by atoms with van der Waals surface area (Å²) in [6.07, 6.45) is 2.98. The van der Waals surface area contributed by atoms with Gasteiger partial charge in [-0.3, -0.25) is 9.71 Å². The van der Waals surface area contributed by atoms with Crippen LogP contribution in [0.1, 0.15) is 5.56 Å². The van der Waals surface area contributed by atoms with Crippen molar-refractivity contribution >= 4 is 48.9 Å². The molecule has 0 spiro atoms. The van der Waals surface area contributed by atoms with Crippen molar-refractivity contribution in [1.29, 1.82) is 0 Å². The van der Waals surface area contributed by atoms with Gasteiger partial charge in [0.05, 0.1) is 15.1 Å². The molecular formula is C12H11BrClN3O2S. The molecule has 0 bridgehead atoms. The van der Waals surface area contributed by atoms with Crippen LogP contribution in [0.5, 0.6) is 0 Å². The lowest BCUT2D eigenvalue weighted by Gasteiger charge is -2.11. The van der Waals surface area contributed by atoms with E-state index in [0.717, 1.165) is 0 Å². The molecule has 0 amide bonds. The summed E-state index contributed by atoms with van der Waals surface area (Å²) in [7, 11) is -3.77. The van der Waals surface area contributed by atoms with Gasteiger partial charge in [-0.2, -0.15) is 0 Å². The second kappa shape index (κ2) is 5.59. The van der Waals surface area contributed by atoms with Crippen molar-refractivity contribution in [2.45, 2.75) is 11.8 Å². The molecule has 0 aliphatic rings. The maximum Gasteiger partial charge on any atom is 0.262 e. The van der Waals surface area contributed by atoms with E-state index in [1.54, 1.807) is 13.0 Å². The Morgan fingerprint density at radius 1 is 1.40 bits per heavy atom. The summed E-state index contributed by atoms with van der Waals surface area (Å²) in [5.74, 6) is 0. The standard InChI is InChI=1S/C12H11BrClN3O2S/c1-7-10(14)4-8(5-11(7)15)20(18,19)17-12-2-3-16-6-9(12)13/h2-6H,15H2,1H3,(H,16,17). The number of nitrogens with zero attached hydrogens (tertiary/aromatic N) is 1. The number of halogens is 2. The van der Waals surface area contributed by atoms with E-state index in [4.69, 9.17) is 17.3 Å². The molecule has 1 heterocycles. The number of rotatable bonds is 3. The molecule has 3 N–H and O–H groups in total. The maximum absolute atomic E-state index is 12.3. The van der Waals surface area contributed by atoms with Crippen molar-refractivity contribution in [3.63, 3.8) is 0 Å². The highest BCUT2D eigenvalue weighted by Gasteiger charge is 2.18. The van der Waals surface area contributed by atoms with Crippen molar-refractivity contribution in [1.82, 2.24) is 4.98 Å². The van der Waals surface area contributed by atoms with Crippen LogP contribution in [0.4, 0.5) is 11.4 Å². The molecule has 0 aliphatic carbocycles. The Hall–Kier alpha value is -1.31. The first-order valence-corrected chi connectivity index (χ1v) is 8.14. The highest BCUT2D eigenvalue weighted by Crippen LogP contribution is 2.28. The fourth-order valence-corrected chi connectivity index (χ4v) is 3.40. The number of nitrogens with one attached hydrogen (secondary N) is 1. The van der Waals surface area contributed by atoms with Crippen LogP contribution in [0.15, 0.2) is 40.0 Å². The highest BCUT2D eigenvalue weighted by molar-refractivity contribution is 9.10. The Bertz CT molecular complexity index is 742. The van der Waals surface area contributed by atoms with Crippen LogP contribution in [0.25, 0.3) is 0 Å². The van der Waals surface area contributed by atoms with E-state index >= 15 is 0 Å². The smallest absolute Gasteiger partial charge is 0.262 e. The summed E-state index contributed by atoms with van der Waals surface area (Å²) in [4.78, 5) is 3.87. The molecule has 2 aromatic rings. The molecule has 0 saturated carbocycles. The molecule has 8 heteroatoms. The van der Waals surface area contributed by atoms with E-state index in [2.05, 4.69) is 25.6 Å². The highest BCUT2D eigenvalue weighted by atomic mass is 79.9. The molecular weight excluding hydrogens is 366 g/mol. The van der Waals surface area contributed by atoms with Gasteiger partial charge < -0.3 is 5.73 Å². The topological polar surface area (TPSA) is 85.1 Å². The number of aromatic nitrogens is 1. The lowest BCUT2D eigenvalue weighted by atomic mass is 10.2. The van der Waals surface area contributed by atoms with Crippen LogP contribution in [0.2, 0.25) is 5.02 Å². The van der Waals surface area contributed by atoms with Gasteiger partial charge in [-0.25, -0.2) is 8.42 Å². The summed E-state index contributed by atoms with van der Waals surface area (Å²) >= 11 is 9.19. The van der Waals surface area contributed by atoms with Gasteiger partial charge in [0.15, 0.2) is 0 Å². The number of hydrogen-bond donors (Lipinski definition) is 2. The van der Waals surface area contributed by atoms with Gasteiger partial charge in [-0.15, -0.1) is 0 Å². The molecule has 106 valence electrons. The van der Waals surface area contributed by atoms with Gasteiger partial charge in [0.1, 0.15) is 0 Å². The summed E-state index contributed by atoms with van der Waals surface area (Å²) in [6, 6.07) is 4.28. The second-order valence-electron chi connectivity index (χ2n) is 4.08. The molecule has 20 heavy (non-hydrogen) atoms. The Labute approximate surface area is 130 Å². The van der Waals surface area contributed by atoms with Crippen molar-refractivity contribution in [3.05, 3.63) is 45.7 Å². The Morgan fingerprint density at radius 2 is 2.10 bits per heavy atom. The van der Waals surface area contributed by atoms with Crippen LogP contribution in [0.3, 0.4) is 0 Å². The molecule has 0 aliphatic heterocycles. The molecule has 5 nitrogen and oxygen atoms in total. The first kappa shape index (κ1) is 15.1. The van der Waals surface area contributed by atoms with Crippen molar-refractivity contribution < 1.29 is 8.42 Å². The van der Waals surface area contributed by atoms with Crippen LogP contribution in [0, 0.1) is 6.92 Å². The Kier molecular flexibility index (Phi) is 4.22. The van der Waals surface area contributed by atoms with Gasteiger partial charge in [0.25, 0.3) is 10.0 Å². The number of hydrogen-bond acceptors (Lipinski definition) is 4. The molecule has 0 saturated heterocycles. The molecule has 0 unspecified atom stereocenters. The monoisotopic (exact) mass is 375 g/mol. The number of anilines is 2. The van der Waals surface area contributed by atoms with Crippen LogP contribution >= 0.6 is 27.5 Å². The average Bonchev–Trinajstić information content (AvgIpc) is 2.38. The van der Waals surface area contributed by atoms with Gasteiger partial charge >= 0.3 is 0 Å². The zero-order valence-electron chi connectivity index (χ0n) is 10.4. The minimum absolute atomic E-state index is 0.00862. The van der Waals surface area contributed by atoms with E-state index in [-0.39, 0.29) is 4.90 Å². The van der Waals surface area contributed by atoms with Crippen LogP contribution in [-0.2, 0) is 10.0 Å². The minimum atomic E-state index is -3.77. The number of sulfonamides is 1. The number of benzene rings is 1. The first-order valence-electron chi connectivity index (χ1n) is 5.49. The quantitative estimate of drug-likeness (QED) is 0.806. The molecule has 2 rings (SSSR count). The molecule has 1 aromatic heterocycles. The fourth-order valence-electron chi connectivity index (χ4n) is 1.49. The fraction of sp³-hybridized carbons (Fsp3) is 0.0833. The lowest BCUT2D eigenvalue weighted by Crippen LogP contribution is -2.14. The SMILES string of the molecule is Cc1c(N)cc(S(=O)(=O)Nc2ccncc2Br)cc1Cl.